The van der Waals surface area contributed by atoms with Gasteiger partial charge in [-0.05, 0) is 32.1 Å². The number of hydrogen-bond donors (Lipinski definition) is 1. The third kappa shape index (κ3) is 16.4. The highest BCUT2D eigenvalue weighted by atomic mass is 16.4. The van der Waals surface area contributed by atoms with Crippen LogP contribution in [0.25, 0.3) is 0 Å². The number of hydrogen-bond acceptors (Lipinski definition) is 1. The molecular weight excluding hydrogens is 248 g/mol. The van der Waals surface area contributed by atoms with Gasteiger partial charge in [-0.15, -0.1) is 6.58 Å². The number of carbonyl (C=O) groups is 1. The summed E-state index contributed by atoms with van der Waals surface area (Å²) < 4.78 is 0. The second-order valence-corrected chi connectivity index (χ2v) is 4.81. The van der Waals surface area contributed by atoms with Gasteiger partial charge in [-0.2, -0.15) is 0 Å². The van der Waals surface area contributed by atoms with E-state index in [2.05, 4.69) is 18.7 Å². The van der Waals surface area contributed by atoms with Crippen molar-refractivity contribution >= 4 is 5.97 Å². The summed E-state index contributed by atoms with van der Waals surface area (Å²) >= 11 is 0. The van der Waals surface area contributed by atoms with Gasteiger partial charge in [0, 0.05) is 6.42 Å². The SMILES string of the molecule is C=CCCCCCCC/C=C/C=C/C=C/CCC(=O)O. The van der Waals surface area contributed by atoms with E-state index in [0.29, 0.717) is 6.42 Å². The van der Waals surface area contributed by atoms with E-state index in [9.17, 15) is 4.79 Å². The molecule has 20 heavy (non-hydrogen) atoms. The molecule has 0 bridgehead atoms. The highest BCUT2D eigenvalue weighted by Gasteiger charge is 1.90. The van der Waals surface area contributed by atoms with Gasteiger partial charge >= 0.3 is 5.97 Å². The van der Waals surface area contributed by atoms with Crippen molar-refractivity contribution in [3.63, 3.8) is 0 Å². The van der Waals surface area contributed by atoms with E-state index in [1.54, 1.807) is 0 Å². The molecule has 0 saturated heterocycles. The molecule has 0 spiro atoms. The van der Waals surface area contributed by atoms with Crippen molar-refractivity contribution < 1.29 is 9.90 Å². The molecule has 0 unspecified atom stereocenters. The van der Waals surface area contributed by atoms with Crippen molar-refractivity contribution in [1.29, 1.82) is 0 Å². The Morgan fingerprint density at radius 2 is 1.35 bits per heavy atom. The summed E-state index contributed by atoms with van der Waals surface area (Å²) in [5.74, 6) is -0.747. The van der Waals surface area contributed by atoms with Gasteiger partial charge in [-0.25, -0.2) is 0 Å². The maximum absolute atomic E-state index is 10.3. The molecule has 2 heteroatoms. The van der Waals surface area contributed by atoms with Gasteiger partial charge in [0.25, 0.3) is 0 Å². The van der Waals surface area contributed by atoms with Gasteiger partial charge in [0.1, 0.15) is 0 Å². The minimum absolute atomic E-state index is 0.201. The molecule has 0 heterocycles. The minimum Gasteiger partial charge on any atom is -0.481 e. The zero-order valence-electron chi connectivity index (χ0n) is 12.5. The third-order valence-corrected chi connectivity index (χ3v) is 2.91. The molecule has 0 aliphatic carbocycles. The highest BCUT2D eigenvalue weighted by molar-refractivity contribution is 5.66. The molecule has 0 aromatic carbocycles. The van der Waals surface area contributed by atoms with Crippen molar-refractivity contribution in [3.05, 3.63) is 49.1 Å². The molecule has 0 radical (unpaired) electrons. The van der Waals surface area contributed by atoms with Crippen LogP contribution in [-0.2, 0) is 4.79 Å². The van der Waals surface area contributed by atoms with Crippen molar-refractivity contribution in [1.82, 2.24) is 0 Å². The Morgan fingerprint density at radius 3 is 1.95 bits per heavy atom. The van der Waals surface area contributed by atoms with E-state index in [-0.39, 0.29) is 6.42 Å². The minimum atomic E-state index is -0.747. The molecule has 2 nitrogen and oxygen atoms in total. The largest absolute Gasteiger partial charge is 0.481 e. The predicted molar refractivity (Wildman–Crippen MR) is 86.8 cm³/mol. The first-order valence-electron chi connectivity index (χ1n) is 7.58. The topological polar surface area (TPSA) is 37.3 Å². The van der Waals surface area contributed by atoms with Crippen LogP contribution in [0.3, 0.4) is 0 Å². The summed E-state index contributed by atoms with van der Waals surface area (Å²) in [6, 6.07) is 0. The van der Waals surface area contributed by atoms with Crippen LogP contribution >= 0.6 is 0 Å². The van der Waals surface area contributed by atoms with E-state index in [1.165, 1.54) is 32.1 Å². The van der Waals surface area contributed by atoms with Crippen LogP contribution in [0.2, 0.25) is 0 Å². The molecule has 0 aromatic rings. The first-order valence-corrected chi connectivity index (χ1v) is 7.58. The number of allylic oxidation sites excluding steroid dienone is 7. The van der Waals surface area contributed by atoms with E-state index in [0.717, 1.165) is 12.8 Å². The Balaban J connectivity index is 3.34. The lowest BCUT2D eigenvalue weighted by Gasteiger charge is -1.97. The Bertz CT molecular complexity index is 324. The molecule has 0 rings (SSSR count). The molecule has 0 atom stereocenters. The average molecular weight is 276 g/mol. The van der Waals surface area contributed by atoms with E-state index >= 15 is 0 Å². The monoisotopic (exact) mass is 276 g/mol. The normalized spacial score (nSPS) is 11.8. The number of carboxylic acids is 1. The molecule has 0 aromatic heterocycles. The van der Waals surface area contributed by atoms with Gasteiger partial charge < -0.3 is 5.11 Å². The molecule has 0 amide bonds. The molecule has 1 N–H and O–H groups in total. The fourth-order valence-electron chi connectivity index (χ4n) is 1.77. The van der Waals surface area contributed by atoms with Crippen LogP contribution < -0.4 is 0 Å². The fourth-order valence-corrected chi connectivity index (χ4v) is 1.77. The van der Waals surface area contributed by atoms with Crippen molar-refractivity contribution in [2.45, 2.75) is 57.8 Å². The van der Waals surface area contributed by atoms with E-state index in [1.807, 2.05) is 30.4 Å². The number of unbranched alkanes of at least 4 members (excludes halogenated alkanes) is 6. The second-order valence-electron chi connectivity index (χ2n) is 4.81. The predicted octanol–water partition coefficient (Wildman–Crippen LogP) is 5.44. The van der Waals surface area contributed by atoms with Gasteiger partial charge in [-0.1, -0.05) is 61.8 Å². The van der Waals surface area contributed by atoms with Crippen LogP contribution in [0.5, 0.6) is 0 Å². The first-order chi connectivity index (χ1) is 9.77. The molecule has 0 fully saturated rings. The maximum Gasteiger partial charge on any atom is 0.303 e. The summed E-state index contributed by atoms with van der Waals surface area (Å²) in [6.45, 7) is 3.72. The Morgan fingerprint density at radius 1 is 0.800 bits per heavy atom. The number of carboxylic acid groups (broad SMARTS) is 1. The van der Waals surface area contributed by atoms with Crippen LogP contribution in [0.4, 0.5) is 0 Å². The lowest BCUT2D eigenvalue weighted by molar-refractivity contribution is -0.136. The molecule has 0 aliphatic heterocycles. The Hall–Kier alpha value is -1.57. The molecule has 0 saturated carbocycles. The Labute approximate surface area is 123 Å². The summed E-state index contributed by atoms with van der Waals surface area (Å²) in [5, 5.41) is 8.45. The van der Waals surface area contributed by atoms with Gasteiger partial charge in [0.15, 0.2) is 0 Å². The fraction of sp³-hybridized carbons (Fsp3) is 0.500. The number of aliphatic carboxylic acids is 1. The van der Waals surface area contributed by atoms with Crippen LogP contribution in [0.1, 0.15) is 57.8 Å². The van der Waals surface area contributed by atoms with Gasteiger partial charge in [-0.3, -0.25) is 4.79 Å². The maximum atomic E-state index is 10.3. The quantitative estimate of drug-likeness (QED) is 0.276. The van der Waals surface area contributed by atoms with Crippen molar-refractivity contribution in [2.75, 3.05) is 0 Å². The summed E-state index contributed by atoms with van der Waals surface area (Å²) in [5.41, 5.74) is 0. The summed E-state index contributed by atoms with van der Waals surface area (Å²) in [4.78, 5) is 10.3. The van der Waals surface area contributed by atoms with Crippen LogP contribution in [0.15, 0.2) is 49.1 Å². The average Bonchev–Trinajstić information content (AvgIpc) is 2.43. The first kappa shape index (κ1) is 18.4. The zero-order chi connectivity index (χ0) is 14.9. The number of rotatable bonds is 13. The van der Waals surface area contributed by atoms with E-state index in [4.69, 9.17) is 5.11 Å². The highest BCUT2D eigenvalue weighted by Crippen LogP contribution is 2.07. The van der Waals surface area contributed by atoms with Gasteiger partial charge in [0.05, 0.1) is 0 Å². The van der Waals surface area contributed by atoms with E-state index < -0.39 is 5.97 Å². The lowest BCUT2D eigenvalue weighted by Crippen LogP contribution is -1.91. The van der Waals surface area contributed by atoms with Crippen molar-refractivity contribution in [2.24, 2.45) is 0 Å². The summed E-state index contributed by atoms with van der Waals surface area (Å²) in [7, 11) is 0. The molecular formula is C18H28O2. The second kappa shape index (κ2) is 15.5. The zero-order valence-corrected chi connectivity index (χ0v) is 12.5. The smallest absolute Gasteiger partial charge is 0.303 e. The third-order valence-electron chi connectivity index (χ3n) is 2.91. The van der Waals surface area contributed by atoms with Crippen LogP contribution in [0, 0.1) is 0 Å². The van der Waals surface area contributed by atoms with Gasteiger partial charge in [0.2, 0.25) is 0 Å². The Kier molecular flexibility index (Phi) is 14.3. The van der Waals surface area contributed by atoms with Crippen LogP contribution in [-0.4, -0.2) is 11.1 Å². The lowest BCUT2D eigenvalue weighted by atomic mass is 10.1. The molecule has 112 valence electrons. The summed E-state index contributed by atoms with van der Waals surface area (Å²) in [6.07, 6.45) is 23.5. The standard InChI is InChI=1S/C18H28O2/c1-2-3-4-5-6-7-8-9-10-11-12-13-14-15-16-17-18(19)20/h2,10-15H,1,3-9,16-17H2,(H,19,20)/b11-10+,13-12+,15-14+. The molecule has 0 aliphatic rings. The van der Waals surface area contributed by atoms with Crippen molar-refractivity contribution in [3.8, 4) is 0 Å².